The number of carbonyl (C=O) groups is 1. The van der Waals surface area contributed by atoms with Crippen molar-refractivity contribution in [1.82, 2.24) is 4.90 Å². The van der Waals surface area contributed by atoms with Crippen LogP contribution < -0.4 is 9.46 Å². The van der Waals surface area contributed by atoms with Gasteiger partial charge in [-0.15, -0.1) is 11.3 Å². The number of amides is 1. The zero-order chi connectivity index (χ0) is 21.9. The van der Waals surface area contributed by atoms with E-state index in [4.69, 9.17) is 4.74 Å². The Bertz CT molecular complexity index is 1120. The fourth-order valence-corrected chi connectivity index (χ4v) is 5.03. The van der Waals surface area contributed by atoms with E-state index in [1.807, 2.05) is 43.5 Å². The van der Waals surface area contributed by atoms with Crippen LogP contribution in [-0.4, -0.2) is 33.4 Å². The molecule has 3 rings (SSSR count). The summed E-state index contributed by atoms with van der Waals surface area (Å²) >= 11 is 1.57. The van der Waals surface area contributed by atoms with Crippen molar-refractivity contribution >= 4 is 33.0 Å². The summed E-state index contributed by atoms with van der Waals surface area (Å²) in [6.07, 6.45) is 0. The first-order valence-electron chi connectivity index (χ1n) is 9.31. The van der Waals surface area contributed by atoms with Gasteiger partial charge in [-0.1, -0.05) is 23.8 Å². The summed E-state index contributed by atoms with van der Waals surface area (Å²) in [6, 6.07) is 15.2. The van der Waals surface area contributed by atoms with Crippen LogP contribution in [0.3, 0.4) is 0 Å². The van der Waals surface area contributed by atoms with Crippen molar-refractivity contribution in [2.24, 2.45) is 0 Å². The Balaban J connectivity index is 1.92. The van der Waals surface area contributed by atoms with Crippen LogP contribution in [0.5, 0.6) is 5.75 Å². The monoisotopic (exact) mass is 444 g/mol. The minimum atomic E-state index is -3.96. The molecule has 0 fully saturated rings. The normalized spacial score (nSPS) is 12.3. The fraction of sp³-hybridized carbons (Fsp3) is 0.227. The van der Waals surface area contributed by atoms with Crippen LogP contribution in [0.2, 0.25) is 0 Å². The summed E-state index contributed by atoms with van der Waals surface area (Å²) in [5.41, 5.74) is 1.72. The van der Waals surface area contributed by atoms with Gasteiger partial charge >= 0.3 is 0 Å². The van der Waals surface area contributed by atoms with Gasteiger partial charge in [-0.25, -0.2) is 8.42 Å². The second-order valence-electron chi connectivity index (χ2n) is 6.94. The maximum absolute atomic E-state index is 13.0. The molecule has 3 aromatic rings. The first kappa shape index (κ1) is 21.9. The van der Waals surface area contributed by atoms with Gasteiger partial charge in [-0.3, -0.25) is 9.52 Å². The van der Waals surface area contributed by atoms with Crippen LogP contribution in [-0.2, 0) is 10.0 Å². The van der Waals surface area contributed by atoms with Crippen molar-refractivity contribution in [3.05, 3.63) is 76.0 Å². The molecule has 0 saturated carbocycles. The van der Waals surface area contributed by atoms with Gasteiger partial charge in [-0.2, -0.15) is 0 Å². The lowest BCUT2D eigenvalue weighted by Gasteiger charge is -2.24. The standard InChI is InChI=1S/C22H24N2O4S2/c1-15-7-10-18(11-8-15)23-30(26,27)21-14-17(9-12-19(21)28-4)22(25)24(3)16(2)20-6-5-13-29-20/h5-14,16,23H,1-4H3. The Morgan fingerprint density at radius 3 is 2.43 bits per heavy atom. The van der Waals surface area contributed by atoms with Crippen molar-refractivity contribution in [2.75, 3.05) is 18.9 Å². The molecule has 0 saturated heterocycles. The van der Waals surface area contributed by atoms with E-state index in [1.165, 1.54) is 19.2 Å². The topological polar surface area (TPSA) is 75.7 Å². The summed E-state index contributed by atoms with van der Waals surface area (Å²) in [4.78, 5) is 15.6. The molecule has 158 valence electrons. The molecule has 1 amide bonds. The van der Waals surface area contributed by atoms with Crippen LogP contribution in [0.1, 0.15) is 33.8 Å². The number of aryl methyl sites for hydroxylation is 1. The van der Waals surface area contributed by atoms with Crippen LogP contribution in [0.25, 0.3) is 0 Å². The molecule has 0 spiro atoms. The highest BCUT2D eigenvalue weighted by atomic mass is 32.2. The molecule has 1 unspecified atom stereocenters. The van der Waals surface area contributed by atoms with E-state index in [0.29, 0.717) is 5.69 Å². The molecule has 8 heteroatoms. The highest BCUT2D eigenvalue weighted by molar-refractivity contribution is 7.92. The number of anilines is 1. The van der Waals surface area contributed by atoms with Crippen LogP contribution in [0.4, 0.5) is 5.69 Å². The SMILES string of the molecule is COc1ccc(C(=O)N(C)C(C)c2cccs2)cc1S(=O)(=O)Nc1ccc(C)cc1. The number of sulfonamides is 1. The Hall–Kier alpha value is -2.84. The maximum atomic E-state index is 13.0. The second-order valence-corrected chi connectivity index (χ2v) is 9.57. The largest absolute Gasteiger partial charge is 0.495 e. The minimum Gasteiger partial charge on any atom is -0.495 e. The highest BCUT2D eigenvalue weighted by Gasteiger charge is 2.25. The number of carbonyl (C=O) groups excluding carboxylic acids is 1. The number of thiophene rings is 1. The van der Waals surface area contributed by atoms with Gasteiger partial charge in [-0.05, 0) is 55.6 Å². The zero-order valence-electron chi connectivity index (χ0n) is 17.2. The smallest absolute Gasteiger partial charge is 0.265 e. The Morgan fingerprint density at radius 1 is 1.13 bits per heavy atom. The summed E-state index contributed by atoms with van der Waals surface area (Å²) < 4.78 is 33.8. The molecule has 30 heavy (non-hydrogen) atoms. The number of ether oxygens (including phenoxy) is 1. The number of nitrogens with one attached hydrogen (secondary N) is 1. The molecule has 0 bridgehead atoms. The third kappa shape index (κ3) is 4.66. The predicted molar refractivity (Wildman–Crippen MR) is 120 cm³/mol. The average Bonchev–Trinajstić information content (AvgIpc) is 3.28. The molecule has 1 atom stereocenters. The van der Waals surface area contributed by atoms with Gasteiger partial charge in [0.05, 0.1) is 13.2 Å². The third-order valence-corrected chi connectivity index (χ3v) is 7.31. The van der Waals surface area contributed by atoms with Crippen molar-refractivity contribution in [2.45, 2.75) is 24.8 Å². The highest BCUT2D eigenvalue weighted by Crippen LogP contribution is 2.29. The zero-order valence-corrected chi connectivity index (χ0v) is 18.9. The van der Waals surface area contributed by atoms with Crippen LogP contribution >= 0.6 is 11.3 Å². The van der Waals surface area contributed by atoms with Crippen LogP contribution in [0.15, 0.2) is 64.9 Å². The van der Waals surface area contributed by atoms with Crippen molar-refractivity contribution in [1.29, 1.82) is 0 Å². The maximum Gasteiger partial charge on any atom is 0.265 e. The first-order chi connectivity index (χ1) is 14.2. The first-order valence-corrected chi connectivity index (χ1v) is 11.7. The Kier molecular flexibility index (Phi) is 6.48. The summed E-state index contributed by atoms with van der Waals surface area (Å²) in [5, 5.41) is 1.96. The lowest BCUT2D eigenvalue weighted by atomic mass is 10.1. The number of benzene rings is 2. The molecular weight excluding hydrogens is 420 g/mol. The Morgan fingerprint density at radius 2 is 1.83 bits per heavy atom. The van der Waals surface area contributed by atoms with E-state index in [1.54, 1.807) is 41.5 Å². The summed E-state index contributed by atoms with van der Waals surface area (Å²) in [7, 11) is -0.858. The predicted octanol–water partition coefficient (Wildman–Crippen LogP) is 4.70. The van der Waals surface area contributed by atoms with Gasteiger partial charge < -0.3 is 9.64 Å². The number of nitrogens with zero attached hydrogens (tertiary/aromatic N) is 1. The van der Waals surface area contributed by atoms with E-state index >= 15 is 0 Å². The van der Waals surface area contributed by atoms with E-state index in [9.17, 15) is 13.2 Å². The van der Waals surface area contributed by atoms with Crippen molar-refractivity contribution in [3.63, 3.8) is 0 Å². The third-order valence-electron chi connectivity index (χ3n) is 4.86. The molecule has 6 nitrogen and oxygen atoms in total. The molecule has 0 aliphatic heterocycles. The van der Waals surface area contributed by atoms with Crippen molar-refractivity contribution < 1.29 is 17.9 Å². The van der Waals surface area contributed by atoms with Gasteiger partial charge in [0.15, 0.2) is 0 Å². The van der Waals surface area contributed by atoms with E-state index in [0.717, 1.165) is 10.4 Å². The minimum absolute atomic E-state index is 0.0893. The fourth-order valence-electron chi connectivity index (χ4n) is 2.95. The molecule has 0 aliphatic carbocycles. The van der Waals surface area contributed by atoms with Gasteiger partial charge in [0.2, 0.25) is 0 Å². The quantitative estimate of drug-likeness (QED) is 0.573. The second kappa shape index (κ2) is 8.89. The summed E-state index contributed by atoms with van der Waals surface area (Å²) in [5.74, 6) is -0.106. The molecular formula is C22H24N2O4S2. The number of methoxy groups -OCH3 is 1. The molecule has 1 heterocycles. The van der Waals surface area contributed by atoms with E-state index in [-0.39, 0.29) is 28.2 Å². The lowest BCUT2D eigenvalue weighted by molar-refractivity contribution is 0.0744. The molecule has 0 radical (unpaired) electrons. The molecule has 1 aromatic heterocycles. The number of hydrogen-bond donors (Lipinski definition) is 1. The average molecular weight is 445 g/mol. The lowest BCUT2D eigenvalue weighted by Crippen LogP contribution is -2.29. The van der Waals surface area contributed by atoms with E-state index < -0.39 is 10.0 Å². The van der Waals surface area contributed by atoms with Crippen LogP contribution in [0, 0.1) is 6.92 Å². The van der Waals surface area contributed by atoms with Gasteiger partial charge in [0.1, 0.15) is 10.6 Å². The van der Waals surface area contributed by atoms with E-state index in [2.05, 4.69) is 4.72 Å². The molecule has 1 N–H and O–H groups in total. The number of hydrogen-bond acceptors (Lipinski definition) is 5. The molecule has 2 aromatic carbocycles. The Labute approximate surface area is 181 Å². The van der Waals surface area contributed by atoms with Gasteiger partial charge in [0, 0.05) is 23.2 Å². The van der Waals surface area contributed by atoms with Crippen molar-refractivity contribution in [3.8, 4) is 5.75 Å². The molecule has 0 aliphatic rings. The summed E-state index contributed by atoms with van der Waals surface area (Å²) in [6.45, 7) is 3.86. The van der Waals surface area contributed by atoms with Gasteiger partial charge in [0.25, 0.3) is 15.9 Å². The number of rotatable bonds is 7.